The first-order chi connectivity index (χ1) is 24.3. The summed E-state index contributed by atoms with van der Waals surface area (Å²) in [5.74, 6) is 0. The number of benzene rings is 8. The Morgan fingerprint density at radius 3 is 1.78 bits per heavy atom. The topological polar surface area (TPSA) is 29.5 Å². The molecule has 0 radical (unpaired) electrons. The van der Waals surface area contributed by atoms with Gasteiger partial charge in [0, 0.05) is 38.5 Å². The van der Waals surface area contributed by atoms with Crippen LogP contribution < -0.4 is 4.90 Å². The van der Waals surface area contributed by atoms with Crippen molar-refractivity contribution in [2.24, 2.45) is 0 Å². The van der Waals surface area contributed by atoms with Crippen LogP contribution in [0.3, 0.4) is 0 Å². The van der Waals surface area contributed by atoms with Crippen molar-refractivity contribution in [3.05, 3.63) is 176 Å². The number of nitrogens with zero attached hydrogens (tertiary/aromatic N) is 1. The predicted octanol–water partition coefficient (Wildman–Crippen LogP) is 13.4. The molecule has 0 unspecified atom stereocenters. The molecule has 10 aromatic rings. The Kier molecular flexibility index (Phi) is 6.18. The van der Waals surface area contributed by atoms with E-state index in [1.54, 1.807) is 0 Å². The van der Waals surface area contributed by atoms with Gasteiger partial charge < -0.3 is 13.7 Å². The van der Waals surface area contributed by atoms with Crippen LogP contribution in [0.15, 0.2) is 185 Å². The van der Waals surface area contributed by atoms with Crippen LogP contribution in [0.25, 0.3) is 76.9 Å². The molecule has 0 fully saturated rings. The van der Waals surface area contributed by atoms with Gasteiger partial charge >= 0.3 is 0 Å². The highest BCUT2D eigenvalue weighted by Gasteiger charge is 2.23. The van der Waals surface area contributed by atoms with Gasteiger partial charge in [-0.3, -0.25) is 0 Å². The molecule has 49 heavy (non-hydrogen) atoms. The van der Waals surface area contributed by atoms with Gasteiger partial charge in [-0.2, -0.15) is 0 Å². The van der Waals surface area contributed by atoms with Gasteiger partial charge in [0.2, 0.25) is 0 Å². The first-order valence-corrected chi connectivity index (χ1v) is 16.6. The molecule has 0 aliphatic heterocycles. The molecule has 10 rings (SSSR count). The van der Waals surface area contributed by atoms with Crippen molar-refractivity contribution >= 4 is 71.7 Å². The lowest BCUT2D eigenvalue weighted by atomic mass is 9.99. The quantitative estimate of drug-likeness (QED) is 0.190. The molecule has 0 bridgehead atoms. The van der Waals surface area contributed by atoms with Crippen molar-refractivity contribution in [1.82, 2.24) is 0 Å². The number of para-hydroxylation sites is 2. The number of hydrogen-bond donors (Lipinski definition) is 0. The van der Waals surface area contributed by atoms with E-state index in [4.69, 9.17) is 8.83 Å². The molecule has 3 heteroatoms. The van der Waals surface area contributed by atoms with Crippen molar-refractivity contribution in [2.75, 3.05) is 4.90 Å². The zero-order valence-electron chi connectivity index (χ0n) is 26.5. The first kappa shape index (κ1) is 27.5. The van der Waals surface area contributed by atoms with Gasteiger partial charge in [0.05, 0.1) is 5.69 Å². The van der Waals surface area contributed by atoms with Gasteiger partial charge in [-0.05, 0) is 76.0 Å². The summed E-state index contributed by atoms with van der Waals surface area (Å²) in [4.78, 5) is 2.32. The number of fused-ring (bicyclic) bond motifs is 7. The maximum atomic E-state index is 6.73. The molecule has 8 aromatic carbocycles. The molecule has 2 aromatic heterocycles. The summed E-state index contributed by atoms with van der Waals surface area (Å²) >= 11 is 0. The Hall–Kier alpha value is -6.58. The van der Waals surface area contributed by atoms with Gasteiger partial charge in [0.1, 0.15) is 16.7 Å². The minimum atomic E-state index is 0.847. The second kappa shape index (κ2) is 11.0. The van der Waals surface area contributed by atoms with E-state index in [1.165, 1.54) is 16.5 Å². The molecule has 3 nitrogen and oxygen atoms in total. The lowest BCUT2D eigenvalue weighted by Gasteiger charge is -2.26. The largest absolute Gasteiger partial charge is 0.455 e. The Balaban J connectivity index is 1.28. The van der Waals surface area contributed by atoms with Gasteiger partial charge in [-0.1, -0.05) is 127 Å². The van der Waals surface area contributed by atoms with E-state index in [-0.39, 0.29) is 0 Å². The summed E-state index contributed by atoms with van der Waals surface area (Å²) in [6, 6.07) is 62.0. The highest BCUT2D eigenvalue weighted by atomic mass is 16.3. The van der Waals surface area contributed by atoms with Crippen LogP contribution in [-0.2, 0) is 0 Å². The van der Waals surface area contributed by atoms with E-state index >= 15 is 0 Å². The van der Waals surface area contributed by atoms with Crippen LogP contribution in [0.1, 0.15) is 0 Å². The van der Waals surface area contributed by atoms with E-state index < -0.39 is 0 Å². The third-order valence-corrected chi connectivity index (χ3v) is 9.62. The lowest BCUT2D eigenvalue weighted by Crippen LogP contribution is -2.10. The molecule has 0 atom stereocenters. The Bertz CT molecular complexity index is 2810. The second-order valence-corrected chi connectivity index (χ2v) is 12.5. The maximum absolute atomic E-state index is 6.73. The standard InChI is InChI=1S/C46H29NO2/c1-3-12-30(13-4-1)31-22-24-35(25-23-31)47(42-20-11-19-38-37-18-9-10-21-43(37)48-46(38)42)36-28-39(32-14-5-2-6-15-32)45-41(29-36)40-26-33-16-7-8-17-34(33)27-44(40)49-45/h1-29H. The molecule has 2 heterocycles. The summed E-state index contributed by atoms with van der Waals surface area (Å²) in [5, 5.41) is 6.70. The van der Waals surface area contributed by atoms with Crippen LogP contribution in [0.5, 0.6) is 0 Å². The molecule has 0 aliphatic rings. The summed E-state index contributed by atoms with van der Waals surface area (Å²) in [6.07, 6.45) is 0. The molecule has 0 N–H and O–H groups in total. The normalized spacial score (nSPS) is 11.7. The maximum Gasteiger partial charge on any atom is 0.159 e. The first-order valence-electron chi connectivity index (χ1n) is 16.6. The second-order valence-electron chi connectivity index (χ2n) is 12.5. The summed E-state index contributed by atoms with van der Waals surface area (Å²) in [6.45, 7) is 0. The van der Waals surface area contributed by atoms with Gasteiger partial charge in [-0.25, -0.2) is 0 Å². The molecule has 0 saturated heterocycles. The molecule has 0 aliphatic carbocycles. The van der Waals surface area contributed by atoms with Crippen LogP contribution in [-0.4, -0.2) is 0 Å². The van der Waals surface area contributed by atoms with Gasteiger partial charge in [0.25, 0.3) is 0 Å². The molecular formula is C46H29NO2. The average Bonchev–Trinajstić information content (AvgIpc) is 3.73. The molecule has 0 amide bonds. The molecule has 0 spiro atoms. The number of furan rings is 2. The molecular weight excluding hydrogens is 599 g/mol. The highest BCUT2D eigenvalue weighted by molar-refractivity contribution is 6.16. The minimum Gasteiger partial charge on any atom is -0.455 e. The van der Waals surface area contributed by atoms with E-state index in [2.05, 4.69) is 169 Å². The summed E-state index contributed by atoms with van der Waals surface area (Å²) < 4.78 is 13.4. The predicted molar refractivity (Wildman–Crippen MR) is 204 cm³/mol. The fraction of sp³-hybridized carbons (Fsp3) is 0. The van der Waals surface area contributed by atoms with Crippen LogP contribution in [0.2, 0.25) is 0 Å². The molecule has 230 valence electrons. The smallest absolute Gasteiger partial charge is 0.159 e. The zero-order valence-corrected chi connectivity index (χ0v) is 26.5. The number of anilines is 3. The zero-order chi connectivity index (χ0) is 32.3. The van der Waals surface area contributed by atoms with E-state index in [0.717, 1.165) is 77.5 Å². The monoisotopic (exact) mass is 627 g/mol. The summed E-state index contributed by atoms with van der Waals surface area (Å²) in [7, 11) is 0. The number of hydrogen-bond acceptors (Lipinski definition) is 3. The lowest BCUT2D eigenvalue weighted by molar-refractivity contribution is 0.669. The summed E-state index contributed by atoms with van der Waals surface area (Å²) in [5.41, 5.74) is 11.0. The Morgan fingerprint density at radius 1 is 0.347 bits per heavy atom. The van der Waals surface area contributed by atoms with E-state index in [0.29, 0.717) is 0 Å². The van der Waals surface area contributed by atoms with E-state index in [1.807, 2.05) is 12.1 Å². The Morgan fingerprint density at radius 2 is 0.980 bits per heavy atom. The van der Waals surface area contributed by atoms with E-state index in [9.17, 15) is 0 Å². The highest BCUT2D eigenvalue weighted by Crippen LogP contribution is 2.46. The third-order valence-electron chi connectivity index (χ3n) is 9.62. The van der Waals surface area contributed by atoms with Crippen molar-refractivity contribution < 1.29 is 8.83 Å². The Labute approximate surface area is 282 Å². The SMILES string of the molecule is c1ccc(-c2ccc(N(c3cc(-c4ccccc4)c4oc5cc6ccccc6cc5c4c3)c3cccc4c3oc3ccccc34)cc2)cc1. The van der Waals surface area contributed by atoms with Crippen LogP contribution in [0, 0.1) is 0 Å². The van der Waals surface area contributed by atoms with Crippen molar-refractivity contribution in [1.29, 1.82) is 0 Å². The van der Waals surface area contributed by atoms with Gasteiger partial charge in [0.15, 0.2) is 5.58 Å². The van der Waals surface area contributed by atoms with Crippen molar-refractivity contribution in [3.8, 4) is 22.3 Å². The third kappa shape index (κ3) is 4.51. The van der Waals surface area contributed by atoms with Crippen LogP contribution in [0.4, 0.5) is 17.1 Å². The number of rotatable bonds is 5. The fourth-order valence-corrected chi connectivity index (χ4v) is 7.28. The molecule has 0 saturated carbocycles. The average molecular weight is 628 g/mol. The van der Waals surface area contributed by atoms with Crippen LogP contribution >= 0.6 is 0 Å². The fourth-order valence-electron chi connectivity index (χ4n) is 7.28. The van der Waals surface area contributed by atoms with Crippen molar-refractivity contribution in [2.45, 2.75) is 0 Å². The van der Waals surface area contributed by atoms with Crippen molar-refractivity contribution in [3.63, 3.8) is 0 Å². The van der Waals surface area contributed by atoms with Gasteiger partial charge in [-0.15, -0.1) is 0 Å². The minimum absolute atomic E-state index is 0.847.